The van der Waals surface area contributed by atoms with Crippen LogP contribution in [-0.4, -0.2) is 25.6 Å². The molecule has 1 N–H and O–H groups in total. The van der Waals surface area contributed by atoms with Gasteiger partial charge in [-0.3, -0.25) is 9.59 Å². The van der Waals surface area contributed by atoms with Gasteiger partial charge in [0.05, 0.1) is 17.5 Å². The standard InChI is InChI=1S/C21H19N5O3/c1-12-21(28)26(3)18-9-6-15(11-17(18)22-12)20-24-19(29-25-20)10-14-4-7-16(8-5-14)23-13(2)27/h4-9,11H,10H2,1-3H3,(H,23,27). The van der Waals surface area contributed by atoms with Gasteiger partial charge in [0.2, 0.25) is 17.6 Å². The van der Waals surface area contributed by atoms with Gasteiger partial charge in [0.15, 0.2) is 0 Å². The highest BCUT2D eigenvalue weighted by Crippen LogP contribution is 2.21. The minimum absolute atomic E-state index is 0.112. The van der Waals surface area contributed by atoms with Crippen LogP contribution in [0.5, 0.6) is 0 Å². The Morgan fingerprint density at radius 3 is 2.62 bits per heavy atom. The maximum absolute atomic E-state index is 12.0. The lowest BCUT2D eigenvalue weighted by Gasteiger charge is -2.06. The highest BCUT2D eigenvalue weighted by atomic mass is 16.5. The Kier molecular flexibility index (Phi) is 4.67. The third kappa shape index (κ3) is 3.77. The molecule has 1 amide bonds. The van der Waals surface area contributed by atoms with E-state index in [0.29, 0.717) is 29.3 Å². The first-order chi connectivity index (χ1) is 13.9. The smallest absolute Gasteiger partial charge is 0.272 e. The fraction of sp³-hybridized carbons (Fsp3) is 0.190. The lowest BCUT2D eigenvalue weighted by molar-refractivity contribution is -0.114. The summed E-state index contributed by atoms with van der Waals surface area (Å²) in [5.74, 6) is 0.835. The van der Waals surface area contributed by atoms with E-state index in [-0.39, 0.29) is 11.5 Å². The van der Waals surface area contributed by atoms with Crippen molar-refractivity contribution in [2.45, 2.75) is 20.3 Å². The van der Waals surface area contributed by atoms with Crippen LogP contribution >= 0.6 is 0 Å². The minimum Gasteiger partial charge on any atom is -0.339 e. The van der Waals surface area contributed by atoms with Gasteiger partial charge < -0.3 is 14.4 Å². The van der Waals surface area contributed by atoms with Crippen LogP contribution in [0.4, 0.5) is 5.69 Å². The summed E-state index contributed by atoms with van der Waals surface area (Å²) in [6.07, 6.45) is 0.479. The van der Waals surface area contributed by atoms with Crippen molar-refractivity contribution in [2.24, 2.45) is 7.05 Å². The molecule has 8 nitrogen and oxygen atoms in total. The number of fused-ring (bicyclic) bond motifs is 1. The molecule has 8 heteroatoms. The number of rotatable bonds is 4. The Hall–Kier alpha value is -3.81. The van der Waals surface area contributed by atoms with Crippen LogP contribution in [0.1, 0.15) is 24.1 Å². The number of aryl methyl sites for hydroxylation is 2. The molecule has 2 aromatic carbocycles. The van der Waals surface area contributed by atoms with Crippen LogP contribution in [0.3, 0.4) is 0 Å². The van der Waals surface area contributed by atoms with Crippen molar-refractivity contribution in [1.82, 2.24) is 19.7 Å². The van der Waals surface area contributed by atoms with Crippen LogP contribution in [0.2, 0.25) is 0 Å². The number of benzene rings is 2. The molecule has 146 valence electrons. The van der Waals surface area contributed by atoms with E-state index in [9.17, 15) is 9.59 Å². The molecule has 29 heavy (non-hydrogen) atoms. The van der Waals surface area contributed by atoms with Gasteiger partial charge in [-0.15, -0.1) is 0 Å². The Labute approximate surface area is 166 Å². The lowest BCUT2D eigenvalue weighted by atomic mass is 10.1. The molecular weight excluding hydrogens is 370 g/mol. The monoisotopic (exact) mass is 389 g/mol. The van der Waals surface area contributed by atoms with Crippen molar-refractivity contribution in [3.63, 3.8) is 0 Å². The van der Waals surface area contributed by atoms with Gasteiger partial charge in [0.1, 0.15) is 5.69 Å². The maximum atomic E-state index is 12.0. The molecule has 0 saturated carbocycles. The normalized spacial score (nSPS) is 11.0. The molecule has 0 spiro atoms. The maximum Gasteiger partial charge on any atom is 0.272 e. The van der Waals surface area contributed by atoms with E-state index in [1.165, 1.54) is 6.92 Å². The average Bonchev–Trinajstić information content (AvgIpc) is 3.15. The zero-order chi connectivity index (χ0) is 20.5. The molecular formula is C21H19N5O3. The molecule has 0 aliphatic heterocycles. The SMILES string of the molecule is CC(=O)Nc1ccc(Cc2nc(-c3ccc4c(c3)nc(C)c(=O)n4C)no2)cc1. The van der Waals surface area contributed by atoms with Crippen LogP contribution < -0.4 is 10.9 Å². The van der Waals surface area contributed by atoms with Gasteiger partial charge in [-0.05, 0) is 42.8 Å². The zero-order valence-electron chi connectivity index (χ0n) is 16.3. The minimum atomic E-state index is -0.114. The summed E-state index contributed by atoms with van der Waals surface area (Å²) < 4.78 is 6.97. The number of hydrogen-bond donors (Lipinski definition) is 1. The Bertz CT molecular complexity index is 1270. The Morgan fingerprint density at radius 1 is 1.14 bits per heavy atom. The van der Waals surface area contributed by atoms with E-state index in [0.717, 1.165) is 22.3 Å². The number of anilines is 1. The Balaban J connectivity index is 1.58. The number of carbonyl (C=O) groups excluding carboxylic acids is 1. The predicted octanol–water partition coefficient (Wildman–Crippen LogP) is 2.84. The predicted molar refractivity (Wildman–Crippen MR) is 109 cm³/mol. The summed E-state index contributed by atoms with van der Waals surface area (Å²) in [5.41, 5.74) is 4.25. The van der Waals surface area contributed by atoms with Crippen LogP contribution in [0, 0.1) is 6.92 Å². The van der Waals surface area contributed by atoms with Crippen molar-refractivity contribution in [3.05, 3.63) is 70.0 Å². The van der Waals surface area contributed by atoms with Crippen LogP contribution in [0.25, 0.3) is 22.4 Å². The number of hydrogen-bond acceptors (Lipinski definition) is 6. The highest BCUT2D eigenvalue weighted by Gasteiger charge is 2.12. The lowest BCUT2D eigenvalue weighted by Crippen LogP contribution is -2.21. The zero-order valence-corrected chi connectivity index (χ0v) is 16.3. The van der Waals surface area contributed by atoms with Crippen LogP contribution in [0.15, 0.2) is 51.8 Å². The summed E-state index contributed by atoms with van der Waals surface area (Å²) in [5, 5.41) is 6.80. The van der Waals surface area contributed by atoms with E-state index in [1.807, 2.05) is 42.5 Å². The molecule has 0 unspecified atom stereocenters. The van der Waals surface area contributed by atoms with E-state index < -0.39 is 0 Å². The molecule has 0 saturated heterocycles. The van der Waals surface area contributed by atoms with Crippen molar-refractivity contribution in [3.8, 4) is 11.4 Å². The number of nitrogens with one attached hydrogen (secondary N) is 1. The third-order valence-corrected chi connectivity index (χ3v) is 4.60. The summed E-state index contributed by atoms with van der Waals surface area (Å²) in [6.45, 7) is 3.16. The van der Waals surface area contributed by atoms with Gasteiger partial charge in [-0.1, -0.05) is 17.3 Å². The molecule has 2 aromatic heterocycles. The van der Waals surface area contributed by atoms with Gasteiger partial charge in [-0.25, -0.2) is 4.98 Å². The quantitative estimate of drug-likeness (QED) is 0.576. The number of nitrogens with zero attached hydrogens (tertiary/aromatic N) is 4. The number of carbonyl (C=O) groups is 1. The fourth-order valence-electron chi connectivity index (χ4n) is 3.14. The summed E-state index contributed by atoms with van der Waals surface area (Å²) >= 11 is 0. The van der Waals surface area contributed by atoms with Crippen molar-refractivity contribution in [1.29, 1.82) is 0 Å². The second-order valence-electron chi connectivity index (χ2n) is 6.83. The van der Waals surface area contributed by atoms with E-state index in [4.69, 9.17) is 4.52 Å². The summed E-state index contributed by atoms with van der Waals surface area (Å²) in [6, 6.07) is 13.0. The van der Waals surface area contributed by atoms with Gasteiger partial charge in [-0.2, -0.15) is 4.98 Å². The van der Waals surface area contributed by atoms with E-state index in [1.54, 1.807) is 18.5 Å². The van der Waals surface area contributed by atoms with Crippen molar-refractivity contribution >= 4 is 22.6 Å². The molecule has 0 radical (unpaired) electrons. The highest BCUT2D eigenvalue weighted by molar-refractivity contribution is 5.88. The number of amides is 1. The van der Waals surface area contributed by atoms with Crippen molar-refractivity contribution in [2.75, 3.05) is 5.32 Å². The molecule has 4 rings (SSSR count). The van der Waals surface area contributed by atoms with E-state index >= 15 is 0 Å². The second kappa shape index (κ2) is 7.31. The molecule has 0 fully saturated rings. The van der Waals surface area contributed by atoms with Crippen molar-refractivity contribution < 1.29 is 9.32 Å². The van der Waals surface area contributed by atoms with Gasteiger partial charge in [0, 0.05) is 25.2 Å². The topological polar surface area (TPSA) is 103 Å². The first-order valence-corrected chi connectivity index (χ1v) is 9.07. The first kappa shape index (κ1) is 18.5. The summed E-state index contributed by atoms with van der Waals surface area (Å²) in [4.78, 5) is 32.0. The molecule has 0 atom stereocenters. The fourth-order valence-corrected chi connectivity index (χ4v) is 3.14. The third-order valence-electron chi connectivity index (χ3n) is 4.60. The second-order valence-corrected chi connectivity index (χ2v) is 6.83. The molecule has 4 aromatic rings. The molecule has 0 bridgehead atoms. The van der Waals surface area contributed by atoms with Gasteiger partial charge in [0.25, 0.3) is 5.56 Å². The Morgan fingerprint density at radius 2 is 1.90 bits per heavy atom. The van der Waals surface area contributed by atoms with Crippen LogP contribution in [-0.2, 0) is 18.3 Å². The molecule has 0 aliphatic rings. The summed E-state index contributed by atoms with van der Waals surface area (Å²) in [7, 11) is 1.72. The number of aromatic nitrogens is 4. The molecule has 0 aliphatic carbocycles. The van der Waals surface area contributed by atoms with E-state index in [2.05, 4.69) is 20.4 Å². The largest absolute Gasteiger partial charge is 0.339 e. The van der Waals surface area contributed by atoms with Gasteiger partial charge >= 0.3 is 0 Å². The average molecular weight is 389 g/mol. The first-order valence-electron chi connectivity index (χ1n) is 9.07. The molecule has 2 heterocycles.